The van der Waals surface area contributed by atoms with Crippen molar-refractivity contribution < 1.29 is 9.53 Å². The van der Waals surface area contributed by atoms with E-state index in [2.05, 4.69) is 15.3 Å². The molecule has 2 aromatic rings. The van der Waals surface area contributed by atoms with Gasteiger partial charge >= 0.3 is 5.97 Å². The van der Waals surface area contributed by atoms with Gasteiger partial charge in [0.25, 0.3) is 5.56 Å². The van der Waals surface area contributed by atoms with E-state index < -0.39 is 5.41 Å². The van der Waals surface area contributed by atoms with Crippen molar-refractivity contribution in [2.24, 2.45) is 5.10 Å². The van der Waals surface area contributed by atoms with E-state index in [9.17, 15) is 9.59 Å². The molecule has 0 aliphatic rings. The van der Waals surface area contributed by atoms with E-state index in [-0.39, 0.29) is 16.3 Å². The number of ether oxygens (including phenoxy) is 1. The smallest absolute Gasteiger partial charge is 0.308 e. The molecule has 0 atom stereocenters. The summed E-state index contributed by atoms with van der Waals surface area (Å²) in [5, 5.41) is 10.8. The Bertz CT molecular complexity index is 889. The fraction of sp³-hybridized carbons (Fsp3) is 0.312. The zero-order chi connectivity index (χ0) is 17.9. The third-order valence-corrected chi connectivity index (χ3v) is 3.29. The van der Waals surface area contributed by atoms with Crippen LogP contribution in [-0.2, 0) is 10.2 Å². The summed E-state index contributed by atoms with van der Waals surface area (Å²) in [7, 11) is 0. The van der Waals surface area contributed by atoms with Crippen LogP contribution in [0.25, 0.3) is 0 Å². The lowest BCUT2D eigenvalue weighted by atomic mass is 9.93. The molecule has 0 amide bonds. The summed E-state index contributed by atoms with van der Waals surface area (Å²) < 4.78 is 6.17. The van der Waals surface area contributed by atoms with Crippen LogP contribution in [0, 0.1) is 4.77 Å². The van der Waals surface area contributed by atoms with Gasteiger partial charge in [0.15, 0.2) is 0 Å². The van der Waals surface area contributed by atoms with E-state index in [1.165, 1.54) is 13.1 Å². The molecule has 0 aliphatic carbocycles. The quantitative estimate of drug-likeness (QED) is 0.399. The first-order valence-electron chi connectivity index (χ1n) is 7.23. The van der Waals surface area contributed by atoms with Gasteiger partial charge in [-0.25, -0.2) is 0 Å². The molecular formula is C16H18N4O3S. The summed E-state index contributed by atoms with van der Waals surface area (Å²) in [6.45, 7) is 6.99. The largest absolute Gasteiger partial charge is 0.427 e. The predicted octanol–water partition coefficient (Wildman–Crippen LogP) is 2.41. The number of H-pyrrole nitrogens is 1. The van der Waals surface area contributed by atoms with Crippen LogP contribution in [0.15, 0.2) is 34.2 Å². The summed E-state index contributed by atoms with van der Waals surface area (Å²) in [6, 6.07) is 6.70. The molecular weight excluding hydrogens is 328 g/mol. The van der Waals surface area contributed by atoms with Crippen LogP contribution < -0.4 is 10.3 Å². The molecule has 0 radical (unpaired) electrons. The first-order valence-corrected chi connectivity index (χ1v) is 7.64. The third kappa shape index (κ3) is 4.23. The van der Waals surface area contributed by atoms with Crippen LogP contribution in [0.3, 0.4) is 0 Å². The molecule has 0 bridgehead atoms. The van der Waals surface area contributed by atoms with Crippen molar-refractivity contribution in [3.05, 3.63) is 50.6 Å². The minimum atomic E-state index is -0.431. The van der Waals surface area contributed by atoms with Gasteiger partial charge in [0.1, 0.15) is 11.4 Å². The Kier molecular flexibility index (Phi) is 5.08. The minimum Gasteiger partial charge on any atom is -0.427 e. The van der Waals surface area contributed by atoms with E-state index >= 15 is 0 Å². The highest BCUT2D eigenvalue weighted by atomic mass is 32.1. The molecule has 0 saturated carbocycles. The van der Waals surface area contributed by atoms with Gasteiger partial charge in [-0.2, -0.15) is 14.9 Å². The number of esters is 1. The Morgan fingerprint density at radius 1 is 1.33 bits per heavy atom. The van der Waals surface area contributed by atoms with Crippen molar-refractivity contribution in [2.75, 3.05) is 0 Å². The molecule has 1 N–H and O–H groups in total. The standard InChI is InChI=1S/C16H18N4O3S/c1-10(21)23-12-7-5-11(6-8-12)9-17-20-14(22)13(16(2,3)4)18-19-15(20)24/h5-9H,1-4H3,(H,19,24)/b17-9-. The van der Waals surface area contributed by atoms with Gasteiger partial charge in [0.05, 0.1) is 6.21 Å². The van der Waals surface area contributed by atoms with Crippen molar-refractivity contribution >= 4 is 24.4 Å². The second kappa shape index (κ2) is 6.88. The number of hydrogen-bond donors (Lipinski definition) is 1. The summed E-state index contributed by atoms with van der Waals surface area (Å²) in [5.41, 5.74) is 0.276. The number of aromatic amines is 1. The van der Waals surface area contributed by atoms with E-state index in [1.54, 1.807) is 24.3 Å². The van der Waals surface area contributed by atoms with Gasteiger partial charge in [-0.3, -0.25) is 14.7 Å². The number of benzene rings is 1. The summed E-state index contributed by atoms with van der Waals surface area (Å²) in [6.07, 6.45) is 1.50. The minimum absolute atomic E-state index is 0.112. The number of rotatable bonds is 3. The Morgan fingerprint density at radius 3 is 2.50 bits per heavy atom. The van der Waals surface area contributed by atoms with Crippen LogP contribution in [0.2, 0.25) is 0 Å². The fourth-order valence-corrected chi connectivity index (χ4v) is 2.07. The van der Waals surface area contributed by atoms with Crippen molar-refractivity contribution in [3.8, 4) is 5.75 Å². The molecule has 126 valence electrons. The van der Waals surface area contributed by atoms with E-state index in [0.29, 0.717) is 11.4 Å². The van der Waals surface area contributed by atoms with E-state index in [0.717, 1.165) is 10.2 Å². The zero-order valence-electron chi connectivity index (χ0n) is 13.9. The molecule has 8 heteroatoms. The third-order valence-electron chi connectivity index (χ3n) is 3.03. The lowest BCUT2D eigenvalue weighted by Crippen LogP contribution is -2.32. The van der Waals surface area contributed by atoms with Crippen molar-refractivity contribution in [3.63, 3.8) is 0 Å². The number of hydrogen-bond acceptors (Lipinski definition) is 6. The van der Waals surface area contributed by atoms with Gasteiger partial charge in [-0.05, 0) is 42.0 Å². The molecule has 0 unspecified atom stereocenters. The average molecular weight is 346 g/mol. The topological polar surface area (TPSA) is 89.3 Å². The molecule has 0 spiro atoms. The van der Waals surface area contributed by atoms with E-state index in [4.69, 9.17) is 17.0 Å². The lowest BCUT2D eigenvalue weighted by Gasteiger charge is -2.16. The molecule has 0 saturated heterocycles. The van der Waals surface area contributed by atoms with Crippen molar-refractivity contribution in [1.29, 1.82) is 0 Å². The highest BCUT2D eigenvalue weighted by Gasteiger charge is 2.21. The maximum absolute atomic E-state index is 12.5. The Balaban J connectivity index is 2.34. The highest BCUT2D eigenvalue weighted by molar-refractivity contribution is 7.71. The number of carbonyl (C=O) groups excluding carboxylic acids is 1. The average Bonchev–Trinajstić information content (AvgIpc) is 2.46. The van der Waals surface area contributed by atoms with Crippen molar-refractivity contribution in [2.45, 2.75) is 33.1 Å². The number of nitrogens with zero attached hydrogens (tertiary/aromatic N) is 3. The first-order chi connectivity index (χ1) is 11.2. The molecule has 1 aromatic carbocycles. The first kappa shape index (κ1) is 17.7. The van der Waals surface area contributed by atoms with E-state index in [1.807, 2.05) is 20.8 Å². The van der Waals surface area contributed by atoms with Crippen LogP contribution in [-0.4, -0.2) is 27.1 Å². The molecule has 0 aliphatic heterocycles. The van der Waals surface area contributed by atoms with Crippen LogP contribution in [0.4, 0.5) is 0 Å². The SMILES string of the molecule is CC(=O)Oc1ccc(/C=N\n2c(=S)[nH]nc(C(C)(C)C)c2=O)cc1. The second-order valence-corrected chi connectivity index (χ2v) is 6.54. The number of carbonyl (C=O) groups is 1. The Hall–Kier alpha value is -2.61. The molecule has 0 fully saturated rings. The second-order valence-electron chi connectivity index (χ2n) is 6.15. The maximum Gasteiger partial charge on any atom is 0.308 e. The van der Waals surface area contributed by atoms with Gasteiger partial charge in [-0.15, -0.1) is 0 Å². The Morgan fingerprint density at radius 2 is 1.96 bits per heavy atom. The monoisotopic (exact) mass is 346 g/mol. The van der Waals surface area contributed by atoms with Gasteiger partial charge < -0.3 is 4.74 Å². The van der Waals surface area contributed by atoms with Gasteiger partial charge in [-0.1, -0.05) is 20.8 Å². The highest BCUT2D eigenvalue weighted by Crippen LogP contribution is 2.15. The summed E-state index contributed by atoms with van der Waals surface area (Å²) >= 11 is 5.08. The number of aromatic nitrogens is 3. The molecule has 7 nitrogen and oxygen atoms in total. The van der Waals surface area contributed by atoms with Gasteiger partial charge in [0, 0.05) is 12.3 Å². The number of nitrogens with one attached hydrogen (secondary N) is 1. The predicted molar refractivity (Wildman–Crippen MR) is 93.1 cm³/mol. The van der Waals surface area contributed by atoms with Crippen molar-refractivity contribution in [1.82, 2.24) is 14.9 Å². The Labute approximate surface area is 144 Å². The van der Waals surface area contributed by atoms with Gasteiger partial charge in [0.2, 0.25) is 4.77 Å². The lowest BCUT2D eigenvalue weighted by molar-refractivity contribution is -0.131. The molecule has 1 heterocycles. The molecule has 1 aromatic heterocycles. The van der Waals surface area contributed by atoms with Crippen LogP contribution in [0.1, 0.15) is 39.0 Å². The molecule has 24 heavy (non-hydrogen) atoms. The zero-order valence-corrected chi connectivity index (χ0v) is 14.7. The normalized spacial score (nSPS) is 11.7. The summed E-state index contributed by atoms with van der Waals surface area (Å²) in [4.78, 5) is 23.4. The maximum atomic E-state index is 12.5. The summed E-state index contributed by atoms with van der Waals surface area (Å²) in [5.74, 6) is 0.0498. The van der Waals surface area contributed by atoms with Crippen LogP contribution in [0.5, 0.6) is 5.75 Å². The van der Waals surface area contributed by atoms with Crippen LogP contribution >= 0.6 is 12.2 Å². The fourth-order valence-electron chi connectivity index (χ4n) is 1.90. The molecule has 2 rings (SSSR count).